The highest BCUT2D eigenvalue weighted by atomic mass is 79.9. The summed E-state index contributed by atoms with van der Waals surface area (Å²) in [6, 6.07) is 21.9. The molecule has 0 aliphatic carbocycles. The molecule has 28 heavy (non-hydrogen) atoms. The van der Waals surface area contributed by atoms with Crippen molar-refractivity contribution in [2.45, 2.75) is 19.4 Å². The Balaban J connectivity index is 1.67. The van der Waals surface area contributed by atoms with Gasteiger partial charge in [0.25, 0.3) is 5.91 Å². The van der Waals surface area contributed by atoms with Gasteiger partial charge in [-0.1, -0.05) is 42.5 Å². The summed E-state index contributed by atoms with van der Waals surface area (Å²) in [5.41, 5.74) is 4.14. The third-order valence-electron chi connectivity index (χ3n) is 4.90. The van der Waals surface area contributed by atoms with Crippen molar-refractivity contribution in [3.8, 4) is 0 Å². The minimum Gasteiger partial charge on any atom is -0.323 e. The third kappa shape index (κ3) is 3.45. The van der Waals surface area contributed by atoms with Crippen molar-refractivity contribution in [3.05, 3.63) is 94.0 Å². The van der Waals surface area contributed by atoms with Crippen LogP contribution in [0.15, 0.2) is 77.3 Å². The van der Waals surface area contributed by atoms with Gasteiger partial charge >= 0.3 is 0 Å². The molecule has 0 aromatic heterocycles. The van der Waals surface area contributed by atoms with Crippen LogP contribution >= 0.6 is 15.9 Å². The van der Waals surface area contributed by atoms with E-state index in [0.29, 0.717) is 17.7 Å². The molecule has 1 aliphatic heterocycles. The fourth-order valence-corrected chi connectivity index (χ4v) is 4.10. The molecule has 0 fully saturated rings. The largest absolute Gasteiger partial charge is 0.323 e. The van der Waals surface area contributed by atoms with Crippen molar-refractivity contribution in [2.24, 2.45) is 0 Å². The van der Waals surface area contributed by atoms with Gasteiger partial charge in [-0.3, -0.25) is 14.5 Å². The summed E-state index contributed by atoms with van der Waals surface area (Å²) >= 11 is 3.50. The van der Waals surface area contributed by atoms with E-state index in [1.165, 1.54) is 0 Å². The summed E-state index contributed by atoms with van der Waals surface area (Å²) in [5.74, 6) is -0.376. The molecular weight excluding hydrogens is 416 g/mol. The predicted molar refractivity (Wildman–Crippen MR) is 115 cm³/mol. The zero-order valence-corrected chi connectivity index (χ0v) is 16.9. The number of aryl methyl sites for hydroxylation is 1. The Kier molecular flexibility index (Phi) is 5.01. The predicted octanol–water partition coefficient (Wildman–Crippen LogP) is 4.97. The van der Waals surface area contributed by atoms with E-state index in [1.807, 2.05) is 67.6 Å². The Morgan fingerprint density at radius 1 is 1.00 bits per heavy atom. The fraction of sp³-hybridized carbons (Fsp3) is 0.130. The van der Waals surface area contributed by atoms with Gasteiger partial charge in [0.05, 0.1) is 5.69 Å². The van der Waals surface area contributed by atoms with Gasteiger partial charge in [0, 0.05) is 22.1 Å². The number of halogens is 1. The first-order valence-electron chi connectivity index (χ1n) is 9.08. The molecule has 1 aliphatic rings. The second kappa shape index (κ2) is 7.60. The highest BCUT2D eigenvalue weighted by Gasteiger charge is 2.38. The smallest absolute Gasteiger partial charge is 0.259 e. The standard InChI is InChI=1S/C23H19BrN2O2/c1-15-11-12-19(18(24)13-15)25-22(27)21-14-17-9-5-6-10-20(17)26(21)23(28)16-7-3-2-4-8-16/h2-13,21H,14H2,1H3,(H,25,27)/t21-/m0/s1. The number of rotatable bonds is 3. The maximum absolute atomic E-state index is 13.2. The van der Waals surface area contributed by atoms with Gasteiger partial charge in [-0.15, -0.1) is 0 Å². The zero-order chi connectivity index (χ0) is 19.7. The van der Waals surface area contributed by atoms with Gasteiger partial charge in [0.2, 0.25) is 5.91 Å². The molecule has 4 nitrogen and oxygen atoms in total. The van der Waals surface area contributed by atoms with E-state index in [-0.39, 0.29) is 11.8 Å². The van der Waals surface area contributed by atoms with E-state index in [4.69, 9.17) is 0 Å². The summed E-state index contributed by atoms with van der Waals surface area (Å²) < 4.78 is 0.817. The number of nitrogens with zero attached hydrogens (tertiary/aromatic N) is 1. The van der Waals surface area contributed by atoms with Crippen LogP contribution in [0.2, 0.25) is 0 Å². The Bertz CT molecular complexity index is 1050. The van der Waals surface area contributed by atoms with Crippen LogP contribution in [0.4, 0.5) is 11.4 Å². The number of hydrogen-bond acceptors (Lipinski definition) is 2. The zero-order valence-electron chi connectivity index (χ0n) is 15.4. The van der Waals surface area contributed by atoms with Crippen LogP contribution in [-0.2, 0) is 11.2 Å². The number of para-hydroxylation sites is 1. The first-order valence-corrected chi connectivity index (χ1v) is 9.87. The normalized spacial score (nSPS) is 15.2. The third-order valence-corrected chi connectivity index (χ3v) is 5.56. The molecule has 3 aromatic carbocycles. The lowest BCUT2D eigenvalue weighted by Gasteiger charge is -2.25. The summed E-state index contributed by atoms with van der Waals surface area (Å²) in [6.45, 7) is 1.99. The van der Waals surface area contributed by atoms with Crippen LogP contribution in [0.5, 0.6) is 0 Å². The summed E-state index contributed by atoms with van der Waals surface area (Å²) in [6.07, 6.45) is 0.490. The van der Waals surface area contributed by atoms with Crippen LogP contribution in [-0.4, -0.2) is 17.9 Å². The highest BCUT2D eigenvalue weighted by molar-refractivity contribution is 9.10. The Hall–Kier alpha value is -2.92. The Morgan fingerprint density at radius 3 is 2.46 bits per heavy atom. The Labute approximate surface area is 172 Å². The molecular formula is C23H19BrN2O2. The monoisotopic (exact) mass is 434 g/mol. The number of carbonyl (C=O) groups is 2. The van der Waals surface area contributed by atoms with Gasteiger partial charge in [-0.25, -0.2) is 0 Å². The second-order valence-corrected chi connectivity index (χ2v) is 7.72. The molecule has 140 valence electrons. The lowest BCUT2D eigenvalue weighted by atomic mass is 10.1. The van der Waals surface area contributed by atoms with E-state index in [2.05, 4.69) is 21.2 Å². The van der Waals surface area contributed by atoms with Crippen molar-refractivity contribution in [1.82, 2.24) is 0 Å². The molecule has 1 heterocycles. The van der Waals surface area contributed by atoms with Crippen molar-refractivity contribution in [1.29, 1.82) is 0 Å². The van der Waals surface area contributed by atoms with Crippen LogP contribution in [0, 0.1) is 6.92 Å². The van der Waals surface area contributed by atoms with Crippen molar-refractivity contribution in [3.63, 3.8) is 0 Å². The quantitative estimate of drug-likeness (QED) is 0.632. The van der Waals surface area contributed by atoms with Crippen LogP contribution in [0.3, 0.4) is 0 Å². The number of benzene rings is 3. The molecule has 1 atom stereocenters. The number of fused-ring (bicyclic) bond motifs is 1. The molecule has 2 amide bonds. The summed E-state index contributed by atoms with van der Waals surface area (Å²) in [5, 5.41) is 2.97. The minimum absolute atomic E-state index is 0.173. The molecule has 0 spiro atoms. The lowest BCUT2D eigenvalue weighted by Crippen LogP contribution is -2.45. The molecule has 0 radical (unpaired) electrons. The number of hydrogen-bond donors (Lipinski definition) is 1. The maximum atomic E-state index is 13.2. The average Bonchev–Trinajstić information content (AvgIpc) is 3.10. The number of carbonyl (C=O) groups excluding carboxylic acids is 2. The lowest BCUT2D eigenvalue weighted by molar-refractivity contribution is -0.117. The molecule has 0 unspecified atom stereocenters. The van der Waals surface area contributed by atoms with Gasteiger partial charge in [-0.05, 0) is 64.3 Å². The van der Waals surface area contributed by atoms with Crippen molar-refractivity contribution < 1.29 is 9.59 Å². The SMILES string of the molecule is Cc1ccc(NC(=O)[C@@H]2Cc3ccccc3N2C(=O)c2ccccc2)c(Br)c1. The minimum atomic E-state index is -0.599. The maximum Gasteiger partial charge on any atom is 0.259 e. The fourth-order valence-electron chi connectivity index (χ4n) is 3.50. The summed E-state index contributed by atoms with van der Waals surface area (Å²) in [4.78, 5) is 28.0. The number of amides is 2. The van der Waals surface area contributed by atoms with E-state index in [0.717, 1.165) is 21.3 Å². The van der Waals surface area contributed by atoms with Crippen molar-refractivity contribution in [2.75, 3.05) is 10.2 Å². The first kappa shape index (κ1) is 18.4. The van der Waals surface area contributed by atoms with E-state index in [9.17, 15) is 9.59 Å². The van der Waals surface area contributed by atoms with E-state index < -0.39 is 6.04 Å². The highest BCUT2D eigenvalue weighted by Crippen LogP contribution is 2.34. The molecule has 0 saturated heterocycles. The van der Waals surface area contributed by atoms with Crippen LogP contribution in [0.25, 0.3) is 0 Å². The number of anilines is 2. The molecule has 3 aromatic rings. The van der Waals surface area contributed by atoms with Gasteiger partial charge in [0.15, 0.2) is 0 Å². The molecule has 0 bridgehead atoms. The average molecular weight is 435 g/mol. The second-order valence-electron chi connectivity index (χ2n) is 6.86. The van der Waals surface area contributed by atoms with Gasteiger partial charge in [0.1, 0.15) is 6.04 Å². The first-order chi connectivity index (χ1) is 13.5. The number of nitrogens with one attached hydrogen (secondary N) is 1. The van der Waals surface area contributed by atoms with Gasteiger partial charge < -0.3 is 5.32 Å². The Morgan fingerprint density at radius 2 is 1.71 bits per heavy atom. The van der Waals surface area contributed by atoms with E-state index >= 15 is 0 Å². The van der Waals surface area contributed by atoms with E-state index in [1.54, 1.807) is 17.0 Å². The molecule has 4 rings (SSSR count). The molecule has 0 saturated carbocycles. The van der Waals surface area contributed by atoms with Gasteiger partial charge in [-0.2, -0.15) is 0 Å². The topological polar surface area (TPSA) is 49.4 Å². The summed E-state index contributed by atoms with van der Waals surface area (Å²) in [7, 11) is 0. The van der Waals surface area contributed by atoms with Crippen LogP contribution < -0.4 is 10.2 Å². The van der Waals surface area contributed by atoms with Crippen molar-refractivity contribution >= 4 is 39.1 Å². The molecule has 5 heteroatoms. The molecule has 1 N–H and O–H groups in total. The van der Waals surface area contributed by atoms with Crippen LogP contribution in [0.1, 0.15) is 21.5 Å².